The van der Waals surface area contributed by atoms with Gasteiger partial charge in [-0.1, -0.05) is 41.9 Å². The van der Waals surface area contributed by atoms with E-state index in [0.717, 1.165) is 22.5 Å². The Morgan fingerprint density at radius 1 is 1.09 bits per heavy atom. The lowest BCUT2D eigenvalue weighted by Crippen LogP contribution is -2.14. The Labute approximate surface area is 133 Å². The molecular weight excluding hydrogens is 298 g/mol. The third kappa shape index (κ3) is 3.35. The SMILES string of the molecule is O=C(Cc1ccccc1Cl)Nc1ccc(-c2ccn[nH]2)cc1. The zero-order chi connectivity index (χ0) is 15.4. The fourth-order valence-electron chi connectivity index (χ4n) is 2.17. The van der Waals surface area contributed by atoms with E-state index in [0.29, 0.717) is 5.02 Å². The third-order valence-corrected chi connectivity index (χ3v) is 3.66. The number of hydrogen-bond donors (Lipinski definition) is 2. The first-order valence-electron chi connectivity index (χ1n) is 6.85. The van der Waals surface area contributed by atoms with Crippen molar-refractivity contribution in [1.82, 2.24) is 10.2 Å². The van der Waals surface area contributed by atoms with Gasteiger partial charge in [0.05, 0.1) is 12.1 Å². The molecule has 4 nitrogen and oxygen atoms in total. The minimum absolute atomic E-state index is 0.0950. The summed E-state index contributed by atoms with van der Waals surface area (Å²) < 4.78 is 0. The Kier molecular flexibility index (Phi) is 4.21. The maximum Gasteiger partial charge on any atom is 0.228 e. The molecule has 0 unspecified atom stereocenters. The first kappa shape index (κ1) is 14.4. The summed E-state index contributed by atoms with van der Waals surface area (Å²) in [5.41, 5.74) is 3.52. The van der Waals surface area contributed by atoms with Crippen LogP contribution in [0.5, 0.6) is 0 Å². The quantitative estimate of drug-likeness (QED) is 0.767. The molecule has 0 aliphatic heterocycles. The van der Waals surface area contributed by atoms with E-state index in [4.69, 9.17) is 11.6 Å². The Morgan fingerprint density at radius 2 is 1.86 bits per heavy atom. The molecule has 3 rings (SSSR count). The van der Waals surface area contributed by atoms with Crippen LogP contribution in [0.4, 0.5) is 5.69 Å². The largest absolute Gasteiger partial charge is 0.326 e. The summed E-state index contributed by atoms with van der Waals surface area (Å²) in [5.74, 6) is -0.0950. The highest BCUT2D eigenvalue weighted by atomic mass is 35.5. The Morgan fingerprint density at radius 3 is 2.55 bits per heavy atom. The van der Waals surface area contributed by atoms with Crippen LogP contribution < -0.4 is 5.32 Å². The van der Waals surface area contributed by atoms with Crippen LogP contribution >= 0.6 is 11.6 Å². The van der Waals surface area contributed by atoms with Crippen molar-refractivity contribution in [2.45, 2.75) is 6.42 Å². The Hall–Kier alpha value is -2.59. The first-order valence-corrected chi connectivity index (χ1v) is 7.23. The molecule has 0 bridgehead atoms. The molecule has 0 saturated heterocycles. The van der Waals surface area contributed by atoms with Crippen molar-refractivity contribution in [3.05, 3.63) is 71.4 Å². The molecular formula is C17H14ClN3O. The van der Waals surface area contributed by atoms with E-state index in [1.54, 1.807) is 12.3 Å². The van der Waals surface area contributed by atoms with Gasteiger partial charge in [-0.05, 0) is 35.4 Å². The van der Waals surface area contributed by atoms with E-state index < -0.39 is 0 Å². The van der Waals surface area contributed by atoms with Gasteiger partial charge in [0, 0.05) is 16.9 Å². The number of carbonyl (C=O) groups excluding carboxylic acids is 1. The van der Waals surface area contributed by atoms with Crippen molar-refractivity contribution < 1.29 is 4.79 Å². The van der Waals surface area contributed by atoms with Crippen molar-refractivity contribution in [2.75, 3.05) is 5.32 Å². The van der Waals surface area contributed by atoms with E-state index in [2.05, 4.69) is 15.5 Å². The van der Waals surface area contributed by atoms with E-state index >= 15 is 0 Å². The van der Waals surface area contributed by atoms with Gasteiger partial charge in [0.2, 0.25) is 5.91 Å². The van der Waals surface area contributed by atoms with Gasteiger partial charge >= 0.3 is 0 Å². The number of carbonyl (C=O) groups is 1. The van der Waals surface area contributed by atoms with Crippen LogP contribution in [0.2, 0.25) is 5.02 Å². The molecule has 1 heterocycles. The summed E-state index contributed by atoms with van der Waals surface area (Å²) >= 11 is 6.06. The molecule has 5 heteroatoms. The summed E-state index contributed by atoms with van der Waals surface area (Å²) in [6.45, 7) is 0. The summed E-state index contributed by atoms with van der Waals surface area (Å²) in [5, 5.41) is 10.3. The van der Waals surface area contributed by atoms with Crippen LogP contribution in [0.3, 0.4) is 0 Å². The number of rotatable bonds is 4. The molecule has 1 amide bonds. The lowest BCUT2D eigenvalue weighted by Gasteiger charge is -2.07. The van der Waals surface area contributed by atoms with E-state index in [1.165, 1.54) is 0 Å². The standard InChI is InChI=1S/C17H14ClN3O/c18-15-4-2-1-3-13(15)11-17(22)20-14-7-5-12(6-8-14)16-9-10-19-21-16/h1-10H,11H2,(H,19,21)(H,20,22). The molecule has 0 radical (unpaired) electrons. The molecule has 0 saturated carbocycles. The number of anilines is 1. The Balaban J connectivity index is 1.66. The molecule has 2 aromatic carbocycles. The number of aromatic amines is 1. The number of aromatic nitrogens is 2. The number of halogens is 1. The Bertz CT molecular complexity index is 767. The van der Waals surface area contributed by atoms with Crippen LogP contribution in [0.1, 0.15) is 5.56 Å². The maximum absolute atomic E-state index is 12.1. The monoisotopic (exact) mass is 311 g/mol. The second-order valence-corrected chi connectivity index (χ2v) is 5.27. The van der Waals surface area contributed by atoms with Gasteiger partial charge in [-0.2, -0.15) is 5.10 Å². The minimum atomic E-state index is -0.0950. The summed E-state index contributed by atoms with van der Waals surface area (Å²) in [6.07, 6.45) is 1.95. The van der Waals surface area contributed by atoms with Gasteiger partial charge in [-0.3, -0.25) is 9.89 Å². The zero-order valence-electron chi connectivity index (χ0n) is 11.7. The number of hydrogen-bond acceptors (Lipinski definition) is 2. The van der Waals surface area contributed by atoms with Crippen molar-refractivity contribution >= 4 is 23.2 Å². The van der Waals surface area contributed by atoms with Crippen LogP contribution in [-0.2, 0) is 11.2 Å². The summed E-state index contributed by atoms with van der Waals surface area (Å²) in [7, 11) is 0. The molecule has 110 valence electrons. The maximum atomic E-state index is 12.1. The van der Waals surface area contributed by atoms with Crippen LogP contribution in [0, 0.1) is 0 Å². The van der Waals surface area contributed by atoms with Crippen molar-refractivity contribution in [3.8, 4) is 11.3 Å². The predicted octanol–water partition coefficient (Wildman–Crippen LogP) is 3.91. The second-order valence-electron chi connectivity index (χ2n) is 4.86. The van der Waals surface area contributed by atoms with Gasteiger partial charge < -0.3 is 5.32 Å². The average Bonchev–Trinajstić information content (AvgIpc) is 3.05. The molecule has 0 aliphatic rings. The normalized spacial score (nSPS) is 10.4. The highest BCUT2D eigenvalue weighted by Gasteiger charge is 2.07. The van der Waals surface area contributed by atoms with E-state index in [1.807, 2.05) is 48.5 Å². The van der Waals surface area contributed by atoms with Crippen molar-refractivity contribution in [1.29, 1.82) is 0 Å². The molecule has 0 aliphatic carbocycles. The fourth-order valence-corrected chi connectivity index (χ4v) is 2.37. The molecule has 2 N–H and O–H groups in total. The molecule has 1 aromatic heterocycles. The van der Waals surface area contributed by atoms with Crippen LogP contribution in [0.15, 0.2) is 60.8 Å². The number of amides is 1. The molecule has 22 heavy (non-hydrogen) atoms. The predicted molar refractivity (Wildman–Crippen MR) is 87.8 cm³/mol. The summed E-state index contributed by atoms with van der Waals surface area (Å²) in [6, 6.07) is 16.8. The average molecular weight is 312 g/mol. The van der Waals surface area contributed by atoms with Crippen molar-refractivity contribution in [3.63, 3.8) is 0 Å². The lowest BCUT2D eigenvalue weighted by molar-refractivity contribution is -0.115. The zero-order valence-corrected chi connectivity index (χ0v) is 12.5. The van der Waals surface area contributed by atoms with Crippen LogP contribution in [-0.4, -0.2) is 16.1 Å². The minimum Gasteiger partial charge on any atom is -0.326 e. The second kappa shape index (κ2) is 6.45. The molecule has 3 aromatic rings. The van der Waals surface area contributed by atoms with Gasteiger partial charge in [0.15, 0.2) is 0 Å². The van der Waals surface area contributed by atoms with Gasteiger partial charge in [0.25, 0.3) is 0 Å². The first-order chi connectivity index (χ1) is 10.7. The molecule has 0 atom stereocenters. The summed E-state index contributed by atoms with van der Waals surface area (Å²) in [4.78, 5) is 12.1. The fraction of sp³-hybridized carbons (Fsp3) is 0.0588. The topological polar surface area (TPSA) is 57.8 Å². The molecule has 0 spiro atoms. The molecule has 0 fully saturated rings. The third-order valence-electron chi connectivity index (χ3n) is 3.29. The van der Waals surface area contributed by atoms with Crippen molar-refractivity contribution in [2.24, 2.45) is 0 Å². The highest BCUT2D eigenvalue weighted by molar-refractivity contribution is 6.31. The highest BCUT2D eigenvalue weighted by Crippen LogP contribution is 2.20. The number of nitrogens with zero attached hydrogens (tertiary/aromatic N) is 1. The smallest absolute Gasteiger partial charge is 0.228 e. The van der Waals surface area contributed by atoms with E-state index in [-0.39, 0.29) is 12.3 Å². The van der Waals surface area contributed by atoms with E-state index in [9.17, 15) is 4.79 Å². The van der Waals surface area contributed by atoms with Gasteiger partial charge in [0.1, 0.15) is 0 Å². The lowest BCUT2D eigenvalue weighted by atomic mass is 10.1. The number of nitrogens with one attached hydrogen (secondary N) is 2. The number of benzene rings is 2. The van der Waals surface area contributed by atoms with Gasteiger partial charge in [-0.25, -0.2) is 0 Å². The van der Waals surface area contributed by atoms with Crippen LogP contribution in [0.25, 0.3) is 11.3 Å². The van der Waals surface area contributed by atoms with Gasteiger partial charge in [-0.15, -0.1) is 0 Å². The number of H-pyrrole nitrogens is 1.